The molecule has 196 valence electrons. The van der Waals surface area contributed by atoms with E-state index in [1.165, 1.54) is 17.7 Å². The third-order valence-electron chi connectivity index (χ3n) is 6.29. The smallest absolute Gasteiger partial charge is 0.230 e. The van der Waals surface area contributed by atoms with E-state index >= 15 is 4.39 Å². The zero-order valence-corrected chi connectivity index (χ0v) is 22.8. The van der Waals surface area contributed by atoms with Crippen LogP contribution >= 0.6 is 23.6 Å². The first-order valence-electron chi connectivity index (χ1n) is 12.3. The normalized spacial score (nSPS) is 13.4. The summed E-state index contributed by atoms with van der Waals surface area (Å²) >= 11 is 6.84. The van der Waals surface area contributed by atoms with Crippen molar-refractivity contribution in [3.8, 4) is 23.8 Å². The van der Waals surface area contributed by atoms with Crippen molar-refractivity contribution in [3.05, 3.63) is 88.7 Å². The van der Waals surface area contributed by atoms with Crippen molar-refractivity contribution in [2.24, 2.45) is 0 Å². The van der Waals surface area contributed by atoms with Crippen molar-refractivity contribution in [1.82, 2.24) is 15.2 Å². The van der Waals surface area contributed by atoms with E-state index in [-0.39, 0.29) is 23.2 Å². The maximum Gasteiger partial charge on any atom is 0.230 e. The van der Waals surface area contributed by atoms with Gasteiger partial charge in [-0.15, -0.1) is 17.8 Å². The summed E-state index contributed by atoms with van der Waals surface area (Å²) in [5.74, 6) is 2.27. The Balaban J connectivity index is 1.24. The Morgan fingerprint density at radius 3 is 2.85 bits per heavy atom. The van der Waals surface area contributed by atoms with Crippen LogP contribution in [0.1, 0.15) is 22.4 Å². The summed E-state index contributed by atoms with van der Waals surface area (Å²) in [5.41, 5.74) is 3.86. The van der Waals surface area contributed by atoms with Crippen molar-refractivity contribution in [3.63, 3.8) is 0 Å². The van der Waals surface area contributed by atoms with Crippen LogP contribution < -0.4 is 15.4 Å². The largest absolute Gasteiger partial charge is 0.453 e. The molecule has 1 amide bonds. The van der Waals surface area contributed by atoms with E-state index in [4.69, 9.17) is 23.4 Å². The summed E-state index contributed by atoms with van der Waals surface area (Å²) < 4.78 is 21.9. The number of thiocarbonyl (C=S) groups is 1. The van der Waals surface area contributed by atoms with E-state index in [2.05, 4.69) is 45.6 Å². The number of anilines is 1. The lowest BCUT2D eigenvalue weighted by Crippen LogP contribution is -2.35. The molecule has 0 radical (unpaired) electrons. The highest BCUT2D eigenvalue weighted by molar-refractivity contribution is 7.80. The minimum absolute atomic E-state index is 0.0522. The Morgan fingerprint density at radius 1 is 1.23 bits per heavy atom. The lowest BCUT2D eigenvalue weighted by molar-refractivity contribution is -0.119. The molecule has 3 heterocycles. The Hall–Kier alpha value is -4.10. The number of fused-ring (bicyclic) bond motifs is 1. The molecule has 0 fully saturated rings. The predicted molar refractivity (Wildman–Crippen MR) is 159 cm³/mol. The highest BCUT2D eigenvalue weighted by Crippen LogP contribution is 2.39. The topological polar surface area (TPSA) is 66.5 Å². The second-order valence-electron chi connectivity index (χ2n) is 9.10. The van der Waals surface area contributed by atoms with E-state index in [1.54, 1.807) is 41.8 Å². The number of hydrogen-bond acceptors (Lipinski definition) is 6. The molecular formula is C30H25FN4O2S2. The molecule has 0 saturated carbocycles. The molecule has 9 heteroatoms. The van der Waals surface area contributed by atoms with Gasteiger partial charge in [-0.25, -0.2) is 4.39 Å². The Kier molecular flexibility index (Phi) is 7.98. The summed E-state index contributed by atoms with van der Waals surface area (Å²) in [6, 6.07) is 15.4. The molecule has 2 aromatic carbocycles. The molecule has 39 heavy (non-hydrogen) atoms. The number of hydrogen-bond donors (Lipinski definition) is 2. The van der Waals surface area contributed by atoms with E-state index < -0.39 is 5.82 Å². The Morgan fingerprint density at radius 2 is 2.08 bits per heavy atom. The van der Waals surface area contributed by atoms with Gasteiger partial charge >= 0.3 is 0 Å². The number of carbonyl (C=O) groups excluding carboxylic acids is 1. The monoisotopic (exact) mass is 556 g/mol. The fourth-order valence-electron chi connectivity index (χ4n) is 4.25. The number of amides is 1. The van der Waals surface area contributed by atoms with Crippen LogP contribution in [0.4, 0.5) is 10.1 Å². The number of aromatic nitrogens is 1. The van der Waals surface area contributed by atoms with Crippen LogP contribution in [-0.2, 0) is 11.2 Å². The number of carbonyl (C=O) groups is 1. The minimum atomic E-state index is -0.572. The minimum Gasteiger partial charge on any atom is -0.453 e. The zero-order chi connectivity index (χ0) is 27.4. The lowest BCUT2D eigenvalue weighted by atomic mass is 10.1. The van der Waals surface area contributed by atoms with Crippen LogP contribution in [0.2, 0.25) is 0 Å². The number of rotatable bonds is 6. The van der Waals surface area contributed by atoms with Gasteiger partial charge in [0.1, 0.15) is 5.75 Å². The van der Waals surface area contributed by atoms with Gasteiger partial charge < -0.3 is 20.3 Å². The third-order valence-corrected chi connectivity index (χ3v) is 7.71. The van der Waals surface area contributed by atoms with Gasteiger partial charge in [-0.2, -0.15) is 0 Å². The van der Waals surface area contributed by atoms with Gasteiger partial charge in [0, 0.05) is 47.5 Å². The molecule has 1 aliphatic rings. The van der Waals surface area contributed by atoms with Crippen LogP contribution in [-0.4, -0.2) is 41.0 Å². The van der Waals surface area contributed by atoms with Gasteiger partial charge in [-0.1, -0.05) is 30.2 Å². The first kappa shape index (κ1) is 26.5. The molecular weight excluding hydrogens is 531 g/mol. The van der Waals surface area contributed by atoms with Crippen molar-refractivity contribution in [2.75, 3.05) is 25.5 Å². The van der Waals surface area contributed by atoms with Gasteiger partial charge in [0.2, 0.25) is 5.91 Å². The number of halogens is 1. The molecule has 0 unspecified atom stereocenters. The van der Waals surface area contributed by atoms with Crippen molar-refractivity contribution in [2.45, 2.75) is 12.8 Å². The van der Waals surface area contributed by atoms with Crippen LogP contribution in [0.25, 0.3) is 15.8 Å². The molecule has 6 nitrogen and oxygen atoms in total. The third kappa shape index (κ3) is 6.32. The van der Waals surface area contributed by atoms with Crippen LogP contribution in [0.15, 0.2) is 66.9 Å². The Bertz CT molecular complexity index is 1640. The first-order chi connectivity index (χ1) is 18.9. The maximum atomic E-state index is 15.0. The second-order valence-corrected chi connectivity index (χ2v) is 10.6. The standard InChI is InChI=1S/C30H25FN4O2S2/c1-3-19-6-4-5-7-21(19)16-28(36)34-30(38)33-22-8-9-25(23(31)17-22)37-26-10-13-32-24-18-27(39-29(24)26)20-11-14-35(2)15-12-20/h1,4-11,13,17-18H,12,14-16H2,2H3,(H2,33,34,36,38). The Labute approximate surface area is 235 Å². The van der Waals surface area contributed by atoms with E-state index in [1.807, 2.05) is 12.1 Å². The molecule has 2 N–H and O–H groups in total. The number of thiophene rings is 1. The summed E-state index contributed by atoms with van der Waals surface area (Å²) in [4.78, 5) is 20.3. The number of terminal acetylenes is 1. The van der Waals surface area contributed by atoms with Crippen molar-refractivity contribution >= 4 is 56.1 Å². The van der Waals surface area contributed by atoms with Crippen molar-refractivity contribution < 1.29 is 13.9 Å². The fourth-order valence-corrected chi connectivity index (χ4v) is 5.61. The van der Waals surface area contributed by atoms with Gasteiger partial charge in [0.05, 0.1) is 16.6 Å². The molecule has 0 saturated heterocycles. The lowest BCUT2D eigenvalue weighted by Gasteiger charge is -2.21. The van der Waals surface area contributed by atoms with E-state index in [0.717, 1.165) is 40.2 Å². The molecule has 0 aliphatic carbocycles. The summed E-state index contributed by atoms with van der Waals surface area (Å²) in [5, 5.41) is 5.49. The molecule has 0 bridgehead atoms. The number of nitrogens with zero attached hydrogens (tertiary/aromatic N) is 2. The summed E-state index contributed by atoms with van der Waals surface area (Å²) in [6.45, 7) is 1.92. The van der Waals surface area contributed by atoms with Crippen molar-refractivity contribution in [1.29, 1.82) is 0 Å². The molecule has 0 atom stereocenters. The molecule has 5 rings (SSSR count). The van der Waals surface area contributed by atoms with E-state index in [0.29, 0.717) is 17.0 Å². The predicted octanol–water partition coefficient (Wildman–Crippen LogP) is 5.98. The van der Waals surface area contributed by atoms with Gasteiger partial charge in [-0.05, 0) is 61.1 Å². The highest BCUT2D eigenvalue weighted by Gasteiger charge is 2.16. The molecule has 2 aromatic heterocycles. The van der Waals surface area contributed by atoms with Crippen LogP contribution in [0, 0.1) is 18.2 Å². The van der Waals surface area contributed by atoms with E-state index in [9.17, 15) is 4.79 Å². The highest BCUT2D eigenvalue weighted by atomic mass is 32.1. The van der Waals surface area contributed by atoms with Crippen LogP contribution in [0.3, 0.4) is 0 Å². The number of pyridine rings is 1. The number of nitrogens with one attached hydrogen (secondary N) is 2. The second kappa shape index (κ2) is 11.7. The maximum absolute atomic E-state index is 15.0. The molecule has 4 aromatic rings. The summed E-state index contributed by atoms with van der Waals surface area (Å²) in [7, 11) is 2.10. The average molecular weight is 557 g/mol. The molecule has 0 spiro atoms. The van der Waals surface area contributed by atoms with Crippen LogP contribution in [0.5, 0.6) is 11.5 Å². The number of likely N-dealkylation sites (N-methyl/N-ethyl adjacent to an activating group) is 1. The quantitative estimate of drug-likeness (QED) is 0.225. The number of benzene rings is 2. The first-order valence-corrected chi connectivity index (χ1v) is 13.5. The van der Waals surface area contributed by atoms with Gasteiger partial charge in [-0.3, -0.25) is 9.78 Å². The fraction of sp³-hybridized carbons (Fsp3) is 0.167. The number of ether oxygens (including phenoxy) is 1. The van der Waals surface area contributed by atoms with Gasteiger partial charge in [0.15, 0.2) is 16.7 Å². The van der Waals surface area contributed by atoms with Gasteiger partial charge in [0.25, 0.3) is 0 Å². The molecule has 1 aliphatic heterocycles. The average Bonchev–Trinajstić information content (AvgIpc) is 3.36. The zero-order valence-electron chi connectivity index (χ0n) is 21.2. The SMILES string of the molecule is C#Cc1ccccc1CC(=O)NC(=S)Nc1ccc(Oc2ccnc3cc(C4=CCN(C)CC4)sc23)c(F)c1. The summed E-state index contributed by atoms with van der Waals surface area (Å²) in [6.07, 6.45) is 10.4.